The molecule has 2 aliphatic heterocycles. The molecule has 6 nitrogen and oxygen atoms in total. The second-order valence-electron chi connectivity index (χ2n) is 4.30. The average molecular weight is 235 g/mol. The lowest BCUT2D eigenvalue weighted by Gasteiger charge is -2.27. The van der Waals surface area contributed by atoms with E-state index in [-0.39, 0.29) is 0 Å². The number of piperazine rings is 1. The van der Waals surface area contributed by atoms with E-state index in [4.69, 9.17) is 4.74 Å². The third kappa shape index (κ3) is 1.94. The van der Waals surface area contributed by atoms with Gasteiger partial charge in [-0.1, -0.05) is 0 Å². The molecule has 2 N–H and O–H groups in total. The Kier molecular flexibility index (Phi) is 2.82. The first kappa shape index (κ1) is 10.7. The van der Waals surface area contributed by atoms with Gasteiger partial charge >= 0.3 is 0 Å². The van der Waals surface area contributed by atoms with Crippen molar-refractivity contribution in [2.45, 2.75) is 13.1 Å². The number of hydrogen-bond acceptors (Lipinski definition) is 6. The summed E-state index contributed by atoms with van der Waals surface area (Å²) >= 11 is 0. The summed E-state index contributed by atoms with van der Waals surface area (Å²) in [6.45, 7) is 5.50. The van der Waals surface area contributed by atoms with Crippen LogP contribution in [0.3, 0.4) is 0 Å². The molecule has 17 heavy (non-hydrogen) atoms. The number of ether oxygens (including phenoxy) is 1. The molecule has 3 heterocycles. The van der Waals surface area contributed by atoms with Crippen LogP contribution < -0.4 is 20.3 Å². The van der Waals surface area contributed by atoms with Crippen LogP contribution in [0.25, 0.3) is 0 Å². The first-order valence-corrected chi connectivity index (χ1v) is 5.98. The Morgan fingerprint density at radius 2 is 1.94 bits per heavy atom. The third-order valence-corrected chi connectivity index (χ3v) is 3.23. The van der Waals surface area contributed by atoms with Gasteiger partial charge in [0.05, 0.1) is 18.4 Å². The fraction of sp³-hybridized carbons (Fsp3) is 0.636. The number of methoxy groups -OCH3 is 1. The quantitative estimate of drug-likeness (QED) is 0.720. The van der Waals surface area contributed by atoms with Crippen molar-refractivity contribution in [1.29, 1.82) is 0 Å². The summed E-state index contributed by atoms with van der Waals surface area (Å²) in [5.41, 5.74) is 2.18. The van der Waals surface area contributed by atoms with Crippen LogP contribution in [-0.2, 0) is 13.1 Å². The van der Waals surface area contributed by atoms with Gasteiger partial charge in [-0.3, -0.25) is 0 Å². The highest BCUT2D eigenvalue weighted by Crippen LogP contribution is 2.25. The van der Waals surface area contributed by atoms with Crippen LogP contribution in [0.4, 0.5) is 5.95 Å². The summed E-state index contributed by atoms with van der Waals surface area (Å²) in [7, 11) is 1.67. The molecule has 0 aliphatic carbocycles. The molecular weight excluding hydrogens is 218 g/mol. The lowest BCUT2D eigenvalue weighted by molar-refractivity contribution is 0.391. The highest BCUT2D eigenvalue weighted by molar-refractivity contribution is 5.42. The van der Waals surface area contributed by atoms with E-state index in [2.05, 4.69) is 25.5 Å². The van der Waals surface area contributed by atoms with Crippen molar-refractivity contribution in [2.75, 3.05) is 38.2 Å². The van der Waals surface area contributed by atoms with Gasteiger partial charge in [-0.15, -0.1) is 0 Å². The molecule has 3 rings (SSSR count). The largest absolute Gasteiger partial charge is 0.481 e. The van der Waals surface area contributed by atoms with E-state index in [1.165, 1.54) is 0 Å². The molecule has 6 heteroatoms. The zero-order valence-corrected chi connectivity index (χ0v) is 9.99. The van der Waals surface area contributed by atoms with Gasteiger partial charge in [-0.05, 0) is 0 Å². The molecule has 0 radical (unpaired) electrons. The Morgan fingerprint density at radius 3 is 2.71 bits per heavy atom. The predicted octanol–water partition coefficient (Wildman–Crippen LogP) is -0.502. The molecule has 1 saturated heterocycles. The van der Waals surface area contributed by atoms with Crippen LogP contribution in [0.2, 0.25) is 0 Å². The van der Waals surface area contributed by atoms with Crippen LogP contribution in [-0.4, -0.2) is 43.3 Å². The van der Waals surface area contributed by atoms with E-state index in [0.29, 0.717) is 5.88 Å². The van der Waals surface area contributed by atoms with E-state index >= 15 is 0 Å². The van der Waals surface area contributed by atoms with E-state index in [0.717, 1.165) is 56.5 Å². The molecule has 0 amide bonds. The molecule has 0 atom stereocenters. The molecule has 2 aliphatic rings. The Morgan fingerprint density at radius 1 is 1.12 bits per heavy atom. The molecular formula is C11H17N5O. The van der Waals surface area contributed by atoms with E-state index in [1.807, 2.05) is 0 Å². The predicted molar refractivity (Wildman–Crippen MR) is 64.2 cm³/mol. The Hall–Kier alpha value is -1.40. The van der Waals surface area contributed by atoms with Crippen molar-refractivity contribution in [1.82, 2.24) is 20.6 Å². The normalized spacial score (nSPS) is 19.2. The number of hydrogen-bond donors (Lipinski definition) is 2. The number of anilines is 1. The molecule has 1 aromatic heterocycles. The molecule has 0 unspecified atom stereocenters. The van der Waals surface area contributed by atoms with Crippen molar-refractivity contribution >= 4 is 5.95 Å². The maximum Gasteiger partial charge on any atom is 0.229 e. The number of nitrogens with zero attached hydrogens (tertiary/aromatic N) is 3. The van der Waals surface area contributed by atoms with Gasteiger partial charge in [0.25, 0.3) is 0 Å². The van der Waals surface area contributed by atoms with E-state index < -0.39 is 0 Å². The van der Waals surface area contributed by atoms with Crippen molar-refractivity contribution < 1.29 is 4.74 Å². The highest BCUT2D eigenvalue weighted by Gasteiger charge is 2.22. The van der Waals surface area contributed by atoms with Crippen molar-refractivity contribution in [3.8, 4) is 5.88 Å². The summed E-state index contributed by atoms with van der Waals surface area (Å²) in [5.74, 6) is 1.51. The molecule has 1 aromatic rings. The number of aromatic nitrogens is 2. The minimum Gasteiger partial charge on any atom is -0.481 e. The summed E-state index contributed by atoms with van der Waals surface area (Å²) in [6, 6.07) is 0. The van der Waals surface area contributed by atoms with Gasteiger partial charge in [-0.2, -0.15) is 4.98 Å². The van der Waals surface area contributed by atoms with Gasteiger partial charge < -0.3 is 20.3 Å². The number of fused-ring (bicyclic) bond motifs is 1. The van der Waals surface area contributed by atoms with Gasteiger partial charge in [0.1, 0.15) is 0 Å². The van der Waals surface area contributed by atoms with Crippen LogP contribution in [0.1, 0.15) is 11.3 Å². The Balaban J connectivity index is 1.94. The fourth-order valence-corrected chi connectivity index (χ4v) is 2.30. The van der Waals surface area contributed by atoms with Gasteiger partial charge in [0, 0.05) is 39.3 Å². The lowest BCUT2D eigenvalue weighted by Crippen LogP contribution is -2.44. The summed E-state index contributed by atoms with van der Waals surface area (Å²) in [5, 5.41) is 6.60. The topological polar surface area (TPSA) is 62.3 Å². The summed E-state index contributed by atoms with van der Waals surface area (Å²) < 4.78 is 5.36. The molecule has 92 valence electrons. The third-order valence-electron chi connectivity index (χ3n) is 3.23. The minimum absolute atomic E-state index is 0.716. The zero-order chi connectivity index (χ0) is 11.7. The monoisotopic (exact) mass is 235 g/mol. The zero-order valence-electron chi connectivity index (χ0n) is 9.99. The van der Waals surface area contributed by atoms with Crippen molar-refractivity contribution in [3.63, 3.8) is 0 Å². The average Bonchev–Trinajstić information content (AvgIpc) is 2.86. The van der Waals surface area contributed by atoms with Gasteiger partial charge in [-0.25, -0.2) is 4.98 Å². The number of rotatable bonds is 2. The van der Waals surface area contributed by atoms with Crippen molar-refractivity contribution in [2.24, 2.45) is 0 Å². The minimum atomic E-state index is 0.716. The van der Waals surface area contributed by atoms with Crippen LogP contribution >= 0.6 is 0 Å². The van der Waals surface area contributed by atoms with Gasteiger partial charge in [0.2, 0.25) is 11.8 Å². The first-order valence-electron chi connectivity index (χ1n) is 5.98. The second-order valence-corrected chi connectivity index (χ2v) is 4.30. The fourth-order valence-electron chi connectivity index (χ4n) is 2.30. The molecule has 0 aromatic carbocycles. The van der Waals surface area contributed by atoms with E-state index in [1.54, 1.807) is 7.11 Å². The van der Waals surface area contributed by atoms with Crippen LogP contribution in [0, 0.1) is 0 Å². The van der Waals surface area contributed by atoms with Crippen molar-refractivity contribution in [3.05, 3.63) is 11.3 Å². The van der Waals surface area contributed by atoms with Gasteiger partial charge in [0.15, 0.2) is 0 Å². The second kappa shape index (κ2) is 4.46. The summed E-state index contributed by atoms with van der Waals surface area (Å²) in [4.78, 5) is 11.3. The first-order chi connectivity index (χ1) is 8.38. The smallest absolute Gasteiger partial charge is 0.229 e. The van der Waals surface area contributed by atoms with Crippen LogP contribution in [0.5, 0.6) is 5.88 Å². The number of nitrogens with one attached hydrogen (secondary N) is 2. The molecule has 1 fully saturated rings. The molecule has 0 bridgehead atoms. The Labute approximate surface area is 100 Å². The molecule has 0 saturated carbocycles. The maximum atomic E-state index is 5.36. The maximum absolute atomic E-state index is 5.36. The standard InChI is InChI=1S/C11H17N5O/c1-17-10-8-6-13-7-9(8)14-11(15-10)16-4-2-12-3-5-16/h12-13H,2-7H2,1H3. The summed E-state index contributed by atoms with van der Waals surface area (Å²) in [6.07, 6.45) is 0. The molecule has 0 spiro atoms. The lowest BCUT2D eigenvalue weighted by atomic mass is 10.2. The Bertz CT molecular complexity index is 417. The SMILES string of the molecule is COc1nc(N2CCNCC2)nc2c1CNC2. The van der Waals surface area contributed by atoms with E-state index in [9.17, 15) is 0 Å². The van der Waals surface area contributed by atoms with Crippen LogP contribution in [0.15, 0.2) is 0 Å². The highest BCUT2D eigenvalue weighted by atomic mass is 16.5.